The van der Waals surface area contributed by atoms with E-state index in [9.17, 15) is 0 Å². The van der Waals surface area contributed by atoms with E-state index in [1.54, 1.807) is 0 Å². The second kappa shape index (κ2) is 6.50. The maximum absolute atomic E-state index is 5.39. The molecule has 0 bridgehead atoms. The first kappa shape index (κ1) is 11.1. The highest BCUT2D eigenvalue weighted by molar-refractivity contribution is 4.75. The number of nitrogens with zero attached hydrogens (tertiary/aromatic N) is 2. The van der Waals surface area contributed by atoms with Crippen LogP contribution in [0.1, 0.15) is 19.7 Å². The lowest BCUT2D eigenvalue weighted by Crippen LogP contribution is -2.20. The standard InChI is InChI=1S/C9H17N3O2/c1-8(2)6-13-4-3-10-5-9-11-7-14-12-9/h7-8,10H,3-6H2,1-2H3. The van der Waals surface area contributed by atoms with E-state index < -0.39 is 0 Å². The molecule has 0 fully saturated rings. The average molecular weight is 199 g/mol. The molecule has 5 nitrogen and oxygen atoms in total. The number of hydrogen-bond donors (Lipinski definition) is 1. The predicted octanol–water partition coefficient (Wildman–Crippen LogP) is 0.832. The fourth-order valence-electron chi connectivity index (χ4n) is 0.934. The van der Waals surface area contributed by atoms with Crippen molar-refractivity contribution in [2.45, 2.75) is 20.4 Å². The lowest BCUT2D eigenvalue weighted by atomic mass is 10.2. The Hall–Kier alpha value is -0.940. The summed E-state index contributed by atoms with van der Waals surface area (Å²) in [6, 6.07) is 0. The molecule has 0 spiro atoms. The van der Waals surface area contributed by atoms with Crippen molar-refractivity contribution in [1.82, 2.24) is 15.5 Å². The van der Waals surface area contributed by atoms with E-state index in [0.29, 0.717) is 18.3 Å². The first-order valence-corrected chi connectivity index (χ1v) is 4.82. The lowest BCUT2D eigenvalue weighted by molar-refractivity contribution is 0.111. The van der Waals surface area contributed by atoms with Gasteiger partial charge in [-0.15, -0.1) is 0 Å². The minimum atomic E-state index is 0.590. The Kier molecular flexibility index (Phi) is 5.17. The van der Waals surface area contributed by atoms with Gasteiger partial charge in [-0.05, 0) is 5.92 Å². The molecule has 1 aromatic rings. The Morgan fingerprint density at radius 1 is 1.57 bits per heavy atom. The predicted molar refractivity (Wildman–Crippen MR) is 51.7 cm³/mol. The normalized spacial score (nSPS) is 11.1. The summed E-state index contributed by atoms with van der Waals surface area (Å²) in [5.41, 5.74) is 0. The van der Waals surface area contributed by atoms with Gasteiger partial charge in [-0.25, -0.2) is 0 Å². The van der Waals surface area contributed by atoms with E-state index in [-0.39, 0.29) is 0 Å². The Morgan fingerprint density at radius 3 is 3.07 bits per heavy atom. The van der Waals surface area contributed by atoms with Gasteiger partial charge >= 0.3 is 0 Å². The monoisotopic (exact) mass is 199 g/mol. The molecule has 0 amide bonds. The molecule has 5 heteroatoms. The van der Waals surface area contributed by atoms with Crippen LogP contribution in [0, 0.1) is 5.92 Å². The highest BCUT2D eigenvalue weighted by atomic mass is 16.5. The van der Waals surface area contributed by atoms with E-state index in [4.69, 9.17) is 4.74 Å². The first-order valence-electron chi connectivity index (χ1n) is 4.82. The molecular weight excluding hydrogens is 182 g/mol. The molecule has 14 heavy (non-hydrogen) atoms. The van der Waals surface area contributed by atoms with Crippen LogP contribution < -0.4 is 5.32 Å². The van der Waals surface area contributed by atoms with E-state index in [2.05, 4.69) is 33.8 Å². The number of nitrogens with one attached hydrogen (secondary N) is 1. The molecule has 1 rings (SSSR count). The summed E-state index contributed by atoms with van der Waals surface area (Å²) in [7, 11) is 0. The Balaban J connectivity index is 1.90. The summed E-state index contributed by atoms with van der Waals surface area (Å²) in [5, 5.41) is 6.82. The SMILES string of the molecule is CC(C)COCCNCc1ncon1. The molecule has 0 saturated carbocycles. The van der Waals surface area contributed by atoms with E-state index in [1.807, 2.05) is 0 Å². The van der Waals surface area contributed by atoms with Crippen LogP contribution in [-0.2, 0) is 11.3 Å². The van der Waals surface area contributed by atoms with Gasteiger partial charge in [0.15, 0.2) is 5.82 Å². The smallest absolute Gasteiger partial charge is 0.213 e. The van der Waals surface area contributed by atoms with Gasteiger partial charge in [0.05, 0.1) is 13.2 Å². The maximum Gasteiger partial charge on any atom is 0.213 e. The van der Waals surface area contributed by atoms with E-state index in [1.165, 1.54) is 6.39 Å². The van der Waals surface area contributed by atoms with Gasteiger partial charge in [0.25, 0.3) is 0 Å². The molecular formula is C9H17N3O2. The third-order valence-corrected chi connectivity index (χ3v) is 1.56. The van der Waals surface area contributed by atoms with Crippen LogP contribution in [0.5, 0.6) is 0 Å². The molecule has 1 N–H and O–H groups in total. The van der Waals surface area contributed by atoms with Crippen molar-refractivity contribution in [1.29, 1.82) is 0 Å². The van der Waals surface area contributed by atoms with Crippen LogP contribution >= 0.6 is 0 Å². The average Bonchev–Trinajstić information content (AvgIpc) is 2.63. The molecule has 0 saturated heterocycles. The third kappa shape index (κ3) is 4.94. The van der Waals surface area contributed by atoms with Gasteiger partial charge in [-0.3, -0.25) is 0 Å². The van der Waals surface area contributed by atoms with Crippen LogP contribution in [0.25, 0.3) is 0 Å². The Labute approximate surface area is 83.8 Å². The highest BCUT2D eigenvalue weighted by Crippen LogP contribution is 1.91. The molecule has 1 heterocycles. The largest absolute Gasteiger partial charge is 0.380 e. The lowest BCUT2D eigenvalue weighted by Gasteiger charge is -2.06. The van der Waals surface area contributed by atoms with Crippen LogP contribution in [0.2, 0.25) is 0 Å². The second-order valence-corrected chi connectivity index (χ2v) is 3.49. The van der Waals surface area contributed by atoms with E-state index in [0.717, 1.165) is 19.8 Å². The zero-order valence-electron chi connectivity index (χ0n) is 8.69. The fraction of sp³-hybridized carbons (Fsp3) is 0.778. The number of ether oxygens (including phenoxy) is 1. The number of aromatic nitrogens is 2. The summed E-state index contributed by atoms with van der Waals surface area (Å²) < 4.78 is 9.98. The minimum absolute atomic E-state index is 0.590. The molecule has 0 unspecified atom stereocenters. The van der Waals surface area contributed by atoms with Gasteiger partial charge in [0.2, 0.25) is 6.39 Å². The van der Waals surface area contributed by atoms with Gasteiger partial charge in [0.1, 0.15) is 0 Å². The zero-order chi connectivity index (χ0) is 10.2. The van der Waals surface area contributed by atoms with Crippen molar-refractivity contribution in [2.75, 3.05) is 19.8 Å². The number of rotatable bonds is 7. The number of hydrogen-bond acceptors (Lipinski definition) is 5. The molecule has 0 aliphatic rings. The molecule has 0 aliphatic heterocycles. The van der Waals surface area contributed by atoms with Gasteiger partial charge in [0, 0.05) is 13.2 Å². The molecule has 0 atom stereocenters. The molecule has 0 aliphatic carbocycles. The third-order valence-electron chi connectivity index (χ3n) is 1.56. The van der Waals surface area contributed by atoms with Crippen LogP contribution in [-0.4, -0.2) is 29.9 Å². The Morgan fingerprint density at radius 2 is 2.43 bits per heavy atom. The maximum atomic E-state index is 5.39. The van der Waals surface area contributed by atoms with Crippen molar-refractivity contribution in [3.63, 3.8) is 0 Å². The van der Waals surface area contributed by atoms with Crippen molar-refractivity contribution in [2.24, 2.45) is 5.92 Å². The van der Waals surface area contributed by atoms with Crippen molar-refractivity contribution < 1.29 is 9.26 Å². The summed E-state index contributed by atoms with van der Waals surface area (Å²) in [5.74, 6) is 1.26. The second-order valence-electron chi connectivity index (χ2n) is 3.49. The summed E-state index contributed by atoms with van der Waals surface area (Å²) >= 11 is 0. The topological polar surface area (TPSA) is 60.2 Å². The molecule has 0 radical (unpaired) electrons. The van der Waals surface area contributed by atoms with Crippen molar-refractivity contribution >= 4 is 0 Å². The van der Waals surface area contributed by atoms with E-state index >= 15 is 0 Å². The zero-order valence-corrected chi connectivity index (χ0v) is 8.69. The summed E-state index contributed by atoms with van der Waals surface area (Å²) in [6.45, 7) is 7.22. The van der Waals surface area contributed by atoms with Gasteiger partial charge in [-0.2, -0.15) is 4.98 Å². The molecule has 0 aromatic carbocycles. The highest BCUT2D eigenvalue weighted by Gasteiger charge is 1.97. The van der Waals surface area contributed by atoms with Gasteiger partial charge < -0.3 is 14.6 Å². The Bertz CT molecular complexity index is 224. The molecule has 1 aromatic heterocycles. The quantitative estimate of drug-likeness (QED) is 0.659. The minimum Gasteiger partial charge on any atom is -0.380 e. The first-order chi connectivity index (χ1) is 6.79. The van der Waals surface area contributed by atoms with Gasteiger partial charge in [-0.1, -0.05) is 19.0 Å². The summed E-state index contributed by atoms with van der Waals surface area (Å²) in [6.07, 6.45) is 1.33. The molecule has 80 valence electrons. The van der Waals surface area contributed by atoms with Crippen LogP contribution in [0.4, 0.5) is 0 Å². The van der Waals surface area contributed by atoms with Crippen molar-refractivity contribution in [3.8, 4) is 0 Å². The van der Waals surface area contributed by atoms with Crippen LogP contribution in [0.15, 0.2) is 10.9 Å². The summed E-state index contributed by atoms with van der Waals surface area (Å²) in [4.78, 5) is 3.88. The van der Waals surface area contributed by atoms with Crippen LogP contribution in [0.3, 0.4) is 0 Å². The fourth-order valence-corrected chi connectivity index (χ4v) is 0.934. The van der Waals surface area contributed by atoms with Crippen molar-refractivity contribution in [3.05, 3.63) is 12.2 Å².